The molecule has 0 saturated carbocycles. The van der Waals surface area contributed by atoms with Gasteiger partial charge in [0.2, 0.25) is 0 Å². The first kappa shape index (κ1) is 16.5. The minimum atomic E-state index is -0.970. The van der Waals surface area contributed by atoms with Crippen LogP contribution in [-0.2, 0) is 0 Å². The number of carbonyl (C=O) groups excluding carboxylic acids is 1. The van der Waals surface area contributed by atoms with Crippen LogP contribution in [0.15, 0.2) is 54.6 Å². The number of aliphatic hydroxyl groups is 1. The van der Waals surface area contributed by atoms with Crippen LogP contribution in [0.2, 0.25) is 0 Å². The molecule has 0 aliphatic carbocycles. The van der Waals surface area contributed by atoms with E-state index in [9.17, 15) is 14.3 Å². The van der Waals surface area contributed by atoms with E-state index in [0.29, 0.717) is 31.7 Å². The number of likely N-dealkylation sites (tertiary alicyclic amines) is 1. The zero-order valence-corrected chi connectivity index (χ0v) is 13.3. The van der Waals surface area contributed by atoms with E-state index < -0.39 is 11.4 Å². The van der Waals surface area contributed by atoms with E-state index in [1.807, 2.05) is 30.3 Å². The van der Waals surface area contributed by atoms with E-state index in [1.54, 1.807) is 17.0 Å². The lowest BCUT2D eigenvalue weighted by Crippen LogP contribution is -2.49. The molecular weight excluding hydrogens is 309 g/mol. The van der Waals surface area contributed by atoms with Crippen molar-refractivity contribution in [1.29, 1.82) is 0 Å². The molecule has 1 saturated heterocycles. The molecule has 0 atom stereocenters. The third-order valence-electron chi connectivity index (χ3n) is 4.34. The molecule has 1 aliphatic rings. The second-order valence-corrected chi connectivity index (χ2v) is 6.10. The Bertz CT molecular complexity index is 697. The molecule has 0 radical (unpaired) electrons. The molecule has 1 fully saturated rings. The van der Waals surface area contributed by atoms with Gasteiger partial charge in [-0.2, -0.15) is 0 Å². The molecule has 0 unspecified atom stereocenters. The number of benzene rings is 2. The number of piperidine rings is 1. The Kier molecular flexibility index (Phi) is 4.81. The van der Waals surface area contributed by atoms with Crippen LogP contribution in [0.1, 0.15) is 23.2 Å². The number of carbonyl (C=O) groups is 1. The largest absolute Gasteiger partial charge is 0.491 e. The van der Waals surface area contributed by atoms with Crippen LogP contribution in [0.5, 0.6) is 5.75 Å². The lowest BCUT2D eigenvalue weighted by molar-refractivity contribution is -0.0475. The molecule has 1 aliphatic heterocycles. The van der Waals surface area contributed by atoms with Crippen molar-refractivity contribution >= 4 is 5.91 Å². The zero-order valence-electron chi connectivity index (χ0n) is 13.3. The number of nitrogens with zero attached hydrogens (tertiary/aromatic N) is 1. The van der Waals surface area contributed by atoms with E-state index in [4.69, 9.17) is 4.74 Å². The first-order chi connectivity index (χ1) is 11.6. The summed E-state index contributed by atoms with van der Waals surface area (Å²) in [6.45, 7) is 0.933. The molecule has 2 aromatic rings. The number of amides is 1. The summed E-state index contributed by atoms with van der Waals surface area (Å²) < 4.78 is 19.4. The monoisotopic (exact) mass is 329 g/mol. The Morgan fingerprint density at radius 2 is 1.71 bits per heavy atom. The average Bonchev–Trinajstić information content (AvgIpc) is 2.62. The molecule has 126 valence electrons. The Hall–Kier alpha value is -2.40. The Balaban J connectivity index is 1.57. The topological polar surface area (TPSA) is 49.8 Å². The summed E-state index contributed by atoms with van der Waals surface area (Å²) in [6.07, 6.45) is 0.806. The molecule has 4 nitrogen and oxygen atoms in total. The van der Waals surface area contributed by atoms with Gasteiger partial charge in [0.15, 0.2) is 0 Å². The van der Waals surface area contributed by atoms with Crippen molar-refractivity contribution in [3.8, 4) is 5.75 Å². The number of ether oxygens (including phenoxy) is 1. The van der Waals surface area contributed by atoms with Gasteiger partial charge in [-0.1, -0.05) is 30.3 Å². The molecule has 5 heteroatoms. The smallest absolute Gasteiger partial charge is 0.256 e. The van der Waals surface area contributed by atoms with Gasteiger partial charge in [-0.3, -0.25) is 4.79 Å². The predicted molar refractivity (Wildman–Crippen MR) is 88.4 cm³/mol. The van der Waals surface area contributed by atoms with Gasteiger partial charge in [-0.05, 0) is 37.1 Å². The molecule has 0 spiro atoms. The fourth-order valence-corrected chi connectivity index (χ4v) is 2.81. The van der Waals surface area contributed by atoms with Crippen LogP contribution < -0.4 is 4.74 Å². The number of hydrogen-bond acceptors (Lipinski definition) is 3. The van der Waals surface area contributed by atoms with Crippen LogP contribution in [0.4, 0.5) is 4.39 Å². The van der Waals surface area contributed by atoms with Gasteiger partial charge >= 0.3 is 0 Å². The normalized spacial score (nSPS) is 16.7. The van der Waals surface area contributed by atoms with Crippen LogP contribution in [-0.4, -0.2) is 41.2 Å². The highest BCUT2D eigenvalue weighted by Gasteiger charge is 2.35. The first-order valence-electron chi connectivity index (χ1n) is 8.01. The fourth-order valence-electron chi connectivity index (χ4n) is 2.81. The maximum absolute atomic E-state index is 13.7. The highest BCUT2D eigenvalue weighted by atomic mass is 19.1. The summed E-state index contributed by atoms with van der Waals surface area (Å²) in [7, 11) is 0. The van der Waals surface area contributed by atoms with E-state index in [1.165, 1.54) is 12.1 Å². The van der Waals surface area contributed by atoms with E-state index in [0.717, 1.165) is 0 Å². The molecule has 1 amide bonds. The van der Waals surface area contributed by atoms with Crippen LogP contribution in [0.3, 0.4) is 0 Å². The summed E-state index contributed by atoms with van der Waals surface area (Å²) in [5.74, 6) is -0.148. The summed E-state index contributed by atoms with van der Waals surface area (Å²) in [5, 5.41) is 10.6. The Morgan fingerprint density at radius 3 is 2.38 bits per heavy atom. The molecular formula is C19H20FNO3. The van der Waals surface area contributed by atoms with Crippen molar-refractivity contribution in [2.45, 2.75) is 18.4 Å². The van der Waals surface area contributed by atoms with Gasteiger partial charge in [0, 0.05) is 13.1 Å². The maximum Gasteiger partial charge on any atom is 0.256 e. The van der Waals surface area contributed by atoms with Crippen LogP contribution in [0, 0.1) is 5.82 Å². The highest BCUT2D eigenvalue weighted by molar-refractivity contribution is 5.94. The average molecular weight is 329 g/mol. The summed E-state index contributed by atoms with van der Waals surface area (Å²) in [6, 6.07) is 15.3. The third-order valence-corrected chi connectivity index (χ3v) is 4.34. The molecule has 0 bridgehead atoms. The van der Waals surface area contributed by atoms with Gasteiger partial charge in [-0.25, -0.2) is 4.39 Å². The van der Waals surface area contributed by atoms with Gasteiger partial charge in [-0.15, -0.1) is 0 Å². The van der Waals surface area contributed by atoms with E-state index in [2.05, 4.69) is 0 Å². The molecule has 0 aromatic heterocycles. The van der Waals surface area contributed by atoms with Gasteiger partial charge in [0.25, 0.3) is 5.91 Å². The fraction of sp³-hybridized carbons (Fsp3) is 0.316. The minimum absolute atomic E-state index is 0.0727. The lowest BCUT2D eigenvalue weighted by Gasteiger charge is -2.38. The van der Waals surface area contributed by atoms with Crippen molar-refractivity contribution in [2.75, 3.05) is 19.7 Å². The number of para-hydroxylation sites is 1. The maximum atomic E-state index is 13.7. The molecule has 1 heterocycles. The van der Waals surface area contributed by atoms with Gasteiger partial charge < -0.3 is 14.7 Å². The summed E-state index contributed by atoms with van der Waals surface area (Å²) in [4.78, 5) is 14.0. The zero-order chi connectivity index (χ0) is 17.0. The van der Waals surface area contributed by atoms with Crippen LogP contribution in [0.25, 0.3) is 0 Å². The van der Waals surface area contributed by atoms with Crippen LogP contribution >= 0.6 is 0 Å². The second-order valence-electron chi connectivity index (χ2n) is 6.10. The van der Waals surface area contributed by atoms with E-state index in [-0.39, 0.29) is 18.1 Å². The number of hydrogen-bond donors (Lipinski definition) is 1. The van der Waals surface area contributed by atoms with Crippen molar-refractivity contribution in [2.24, 2.45) is 0 Å². The molecule has 3 rings (SSSR count). The molecule has 2 aromatic carbocycles. The van der Waals surface area contributed by atoms with Crippen molar-refractivity contribution in [1.82, 2.24) is 4.90 Å². The highest BCUT2D eigenvalue weighted by Crippen LogP contribution is 2.25. The van der Waals surface area contributed by atoms with Crippen molar-refractivity contribution in [3.05, 3.63) is 66.0 Å². The first-order valence-corrected chi connectivity index (χ1v) is 8.01. The summed E-state index contributed by atoms with van der Waals surface area (Å²) >= 11 is 0. The van der Waals surface area contributed by atoms with Crippen molar-refractivity contribution in [3.63, 3.8) is 0 Å². The lowest BCUT2D eigenvalue weighted by atomic mass is 9.92. The van der Waals surface area contributed by atoms with Gasteiger partial charge in [0.1, 0.15) is 23.8 Å². The Labute approximate surface area is 140 Å². The Morgan fingerprint density at radius 1 is 1.08 bits per heavy atom. The standard InChI is InChI=1S/C19H20FNO3/c20-17-9-5-4-8-16(17)18(22)21-12-10-19(23,11-13-21)14-24-15-6-2-1-3-7-15/h1-9,23H,10-14H2. The summed E-state index contributed by atoms with van der Waals surface area (Å²) in [5.41, 5.74) is -0.898. The molecule has 24 heavy (non-hydrogen) atoms. The van der Waals surface area contributed by atoms with E-state index >= 15 is 0 Å². The van der Waals surface area contributed by atoms with Gasteiger partial charge in [0.05, 0.1) is 5.56 Å². The quantitative estimate of drug-likeness (QED) is 0.938. The molecule has 1 N–H and O–H groups in total. The minimum Gasteiger partial charge on any atom is -0.491 e. The predicted octanol–water partition coefficient (Wildman–Crippen LogP) is 2.87. The number of rotatable bonds is 4. The third kappa shape index (κ3) is 3.74. The second kappa shape index (κ2) is 7.01. The number of halogens is 1. The van der Waals surface area contributed by atoms with Crippen molar-refractivity contribution < 1.29 is 19.0 Å². The SMILES string of the molecule is O=C(c1ccccc1F)N1CCC(O)(COc2ccccc2)CC1.